The first kappa shape index (κ1) is 29.7. The van der Waals surface area contributed by atoms with Crippen LogP contribution in [0.3, 0.4) is 0 Å². The molecule has 0 saturated carbocycles. The average molecular weight is 653 g/mol. The van der Waals surface area contributed by atoms with Crippen molar-refractivity contribution in [2.24, 2.45) is 0 Å². The Labute approximate surface area is 258 Å². The Kier molecular flexibility index (Phi) is 9.24. The van der Waals surface area contributed by atoms with Gasteiger partial charge >= 0.3 is 5.97 Å². The summed E-state index contributed by atoms with van der Waals surface area (Å²) in [6.45, 7) is 4.16. The van der Waals surface area contributed by atoms with E-state index in [2.05, 4.69) is 21.2 Å². The summed E-state index contributed by atoms with van der Waals surface area (Å²) in [5.41, 5.74) is 3.85. The number of esters is 1. The quantitative estimate of drug-likeness (QED) is 0.187. The van der Waals surface area contributed by atoms with Crippen molar-refractivity contribution in [3.8, 4) is 17.2 Å². The molecule has 2 atom stereocenters. The lowest BCUT2D eigenvalue weighted by molar-refractivity contribution is -0.140. The van der Waals surface area contributed by atoms with Gasteiger partial charge in [0.1, 0.15) is 19.0 Å². The molecule has 7 nitrogen and oxygen atoms in total. The standard InChI is InChI=1S/C33H31BrClNO6/c1-3-40-28-18-22(15-25(34)32(28)38)30-29(33(39)42-14-13-41-24-7-5-4-6-8-24)19(2)36-26-16-21(17-27(37)31(26)30)20-9-11-23(35)12-10-20/h4-12,15,18,21,30,36,38H,3,13-14,16-17H2,1-2H3/t21-,30-/m1/s1. The minimum Gasteiger partial charge on any atom is -0.503 e. The molecule has 42 heavy (non-hydrogen) atoms. The van der Waals surface area contributed by atoms with Gasteiger partial charge in [0.2, 0.25) is 0 Å². The monoisotopic (exact) mass is 651 g/mol. The molecule has 0 aromatic heterocycles. The molecule has 9 heteroatoms. The van der Waals surface area contributed by atoms with E-state index < -0.39 is 11.9 Å². The van der Waals surface area contributed by atoms with Crippen molar-refractivity contribution in [1.82, 2.24) is 5.32 Å². The van der Waals surface area contributed by atoms with Crippen molar-refractivity contribution >= 4 is 39.3 Å². The predicted octanol–water partition coefficient (Wildman–Crippen LogP) is 7.19. The average Bonchev–Trinajstić information content (AvgIpc) is 2.97. The van der Waals surface area contributed by atoms with Gasteiger partial charge in [-0.1, -0.05) is 41.9 Å². The van der Waals surface area contributed by atoms with E-state index in [1.165, 1.54) is 0 Å². The molecule has 0 bridgehead atoms. The van der Waals surface area contributed by atoms with Gasteiger partial charge in [-0.15, -0.1) is 0 Å². The number of Topliss-reactive ketones (excluding diaryl/α,β-unsaturated/α-hetero) is 1. The highest BCUT2D eigenvalue weighted by Crippen LogP contribution is 2.48. The lowest BCUT2D eigenvalue weighted by atomic mass is 9.71. The third kappa shape index (κ3) is 6.35. The Hall–Kier alpha value is -3.75. The molecule has 1 aliphatic carbocycles. The summed E-state index contributed by atoms with van der Waals surface area (Å²) in [4.78, 5) is 27.6. The zero-order valence-electron chi connectivity index (χ0n) is 23.3. The minimum absolute atomic E-state index is 0.0270. The molecule has 0 amide bonds. The smallest absolute Gasteiger partial charge is 0.336 e. The van der Waals surface area contributed by atoms with Crippen LogP contribution in [-0.2, 0) is 14.3 Å². The maximum atomic E-state index is 13.9. The fourth-order valence-corrected chi connectivity index (χ4v) is 6.11. The molecule has 3 aromatic carbocycles. The number of phenolic OH excluding ortho intramolecular Hbond substituents is 1. The number of phenols is 1. The molecule has 2 aliphatic rings. The first-order valence-electron chi connectivity index (χ1n) is 13.8. The van der Waals surface area contributed by atoms with Gasteiger partial charge in [0.05, 0.1) is 16.7 Å². The Balaban J connectivity index is 1.48. The number of rotatable bonds is 9. The molecule has 0 radical (unpaired) electrons. The minimum atomic E-state index is -0.724. The number of ether oxygens (including phenoxy) is 3. The second kappa shape index (κ2) is 13.0. The number of aromatic hydroxyl groups is 1. The van der Waals surface area contributed by atoms with Gasteiger partial charge in [0, 0.05) is 34.3 Å². The summed E-state index contributed by atoms with van der Waals surface area (Å²) in [7, 11) is 0. The Morgan fingerprint density at radius 3 is 2.48 bits per heavy atom. The maximum Gasteiger partial charge on any atom is 0.336 e. The van der Waals surface area contributed by atoms with E-state index in [9.17, 15) is 14.7 Å². The highest BCUT2D eigenvalue weighted by molar-refractivity contribution is 9.10. The SMILES string of the molecule is CCOc1cc([C@@H]2C(C(=O)OCCOc3ccccc3)=C(C)NC3=C2C(=O)C[C@H](c2ccc(Cl)cc2)C3)cc(Br)c1O. The molecule has 0 spiro atoms. The van der Waals surface area contributed by atoms with Gasteiger partial charge in [-0.3, -0.25) is 4.79 Å². The van der Waals surface area contributed by atoms with E-state index in [0.29, 0.717) is 50.7 Å². The van der Waals surface area contributed by atoms with Gasteiger partial charge < -0.3 is 24.6 Å². The number of allylic oxidation sites excluding steroid dienone is 3. The van der Waals surface area contributed by atoms with Crippen LogP contribution < -0.4 is 14.8 Å². The number of carbonyl (C=O) groups is 2. The molecule has 0 saturated heterocycles. The van der Waals surface area contributed by atoms with Crippen LogP contribution in [0, 0.1) is 0 Å². The molecule has 5 rings (SSSR count). The lowest BCUT2D eigenvalue weighted by Crippen LogP contribution is -2.36. The lowest BCUT2D eigenvalue weighted by Gasteiger charge is -2.37. The molecule has 0 unspecified atom stereocenters. The Bertz CT molecular complexity index is 1550. The molecule has 1 heterocycles. The fourth-order valence-electron chi connectivity index (χ4n) is 5.53. The van der Waals surface area contributed by atoms with Gasteiger partial charge in [-0.25, -0.2) is 4.79 Å². The first-order chi connectivity index (χ1) is 20.3. The second-order valence-corrected chi connectivity index (χ2v) is 11.4. The van der Waals surface area contributed by atoms with Crippen LogP contribution in [0.4, 0.5) is 0 Å². The molecular formula is C33H31BrClNO6. The zero-order chi connectivity index (χ0) is 29.8. The third-order valence-electron chi connectivity index (χ3n) is 7.40. The van der Waals surface area contributed by atoms with E-state index in [-0.39, 0.29) is 42.8 Å². The summed E-state index contributed by atoms with van der Waals surface area (Å²) in [6, 6.07) is 20.2. The molecule has 0 fully saturated rings. The zero-order valence-corrected chi connectivity index (χ0v) is 25.6. The number of hydrogen-bond donors (Lipinski definition) is 2. The Morgan fingerprint density at radius 1 is 1.02 bits per heavy atom. The number of nitrogens with one attached hydrogen (secondary N) is 1. The molecule has 3 aromatic rings. The van der Waals surface area contributed by atoms with E-state index in [0.717, 1.165) is 11.3 Å². The first-order valence-corrected chi connectivity index (χ1v) is 14.9. The molecule has 1 aliphatic heterocycles. The van der Waals surface area contributed by atoms with Crippen LogP contribution in [0.5, 0.6) is 17.2 Å². The van der Waals surface area contributed by atoms with E-state index in [1.807, 2.05) is 68.4 Å². The van der Waals surface area contributed by atoms with Crippen LogP contribution in [0.15, 0.2) is 93.7 Å². The van der Waals surface area contributed by atoms with Crippen molar-refractivity contribution in [3.63, 3.8) is 0 Å². The number of dihydropyridines is 1. The normalized spacial score (nSPS) is 18.3. The van der Waals surface area contributed by atoms with Crippen LogP contribution in [0.1, 0.15) is 49.7 Å². The second-order valence-electron chi connectivity index (χ2n) is 10.1. The predicted molar refractivity (Wildman–Crippen MR) is 164 cm³/mol. The number of halogens is 2. The molecular weight excluding hydrogens is 622 g/mol. The van der Waals surface area contributed by atoms with Gasteiger partial charge in [-0.2, -0.15) is 0 Å². The third-order valence-corrected chi connectivity index (χ3v) is 8.26. The van der Waals surface area contributed by atoms with E-state index in [1.54, 1.807) is 12.1 Å². The summed E-state index contributed by atoms with van der Waals surface area (Å²) in [6.07, 6.45) is 0.865. The Morgan fingerprint density at radius 2 is 1.76 bits per heavy atom. The number of carbonyl (C=O) groups excluding carboxylic acids is 2. The maximum absolute atomic E-state index is 13.9. The highest BCUT2D eigenvalue weighted by Gasteiger charge is 2.42. The van der Waals surface area contributed by atoms with Gasteiger partial charge in [0.25, 0.3) is 0 Å². The fraction of sp³-hybridized carbons (Fsp3) is 0.273. The van der Waals surface area contributed by atoms with Crippen LogP contribution in [0.25, 0.3) is 0 Å². The number of hydrogen-bond acceptors (Lipinski definition) is 7. The highest BCUT2D eigenvalue weighted by atomic mass is 79.9. The van der Waals surface area contributed by atoms with Gasteiger partial charge in [0.15, 0.2) is 17.3 Å². The molecule has 218 valence electrons. The number of para-hydroxylation sites is 1. The summed E-state index contributed by atoms with van der Waals surface area (Å²) in [5.74, 6) is -0.501. The number of ketones is 1. The van der Waals surface area contributed by atoms with Crippen molar-refractivity contribution in [3.05, 3.63) is 110 Å². The molecule has 2 N–H and O–H groups in total. The van der Waals surface area contributed by atoms with Crippen molar-refractivity contribution in [1.29, 1.82) is 0 Å². The van der Waals surface area contributed by atoms with Crippen LogP contribution in [0.2, 0.25) is 5.02 Å². The summed E-state index contributed by atoms with van der Waals surface area (Å²) >= 11 is 9.52. The van der Waals surface area contributed by atoms with E-state index in [4.69, 9.17) is 25.8 Å². The summed E-state index contributed by atoms with van der Waals surface area (Å²) in [5, 5.41) is 14.6. The van der Waals surface area contributed by atoms with Crippen LogP contribution in [-0.4, -0.2) is 36.7 Å². The van der Waals surface area contributed by atoms with Gasteiger partial charge in [-0.05, 0) is 89.6 Å². The largest absolute Gasteiger partial charge is 0.503 e. The van der Waals surface area contributed by atoms with E-state index >= 15 is 0 Å². The van der Waals surface area contributed by atoms with Crippen molar-refractivity contribution < 1.29 is 28.9 Å². The number of benzene rings is 3. The van der Waals surface area contributed by atoms with Crippen molar-refractivity contribution in [2.45, 2.75) is 38.5 Å². The van der Waals surface area contributed by atoms with Crippen molar-refractivity contribution in [2.75, 3.05) is 19.8 Å². The topological polar surface area (TPSA) is 94.1 Å². The van der Waals surface area contributed by atoms with Crippen LogP contribution >= 0.6 is 27.5 Å². The summed E-state index contributed by atoms with van der Waals surface area (Å²) < 4.78 is 17.4.